The van der Waals surface area contributed by atoms with E-state index in [0.717, 1.165) is 0 Å². The van der Waals surface area contributed by atoms with Crippen LogP contribution in [0.3, 0.4) is 0 Å². The molecule has 0 radical (unpaired) electrons. The van der Waals surface area contributed by atoms with Gasteiger partial charge in [-0.2, -0.15) is 0 Å². The highest BCUT2D eigenvalue weighted by Crippen LogP contribution is 2.29. The van der Waals surface area contributed by atoms with Crippen LogP contribution in [0.4, 0.5) is 0 Å². The summed E-state index contributed by atoms with van der Waals surface area (Å²) in [5.41, 5.74) is -1.12. The number of benzene rings is 1. The van der Waals surface area contributed by atoms with Gasteiger partial charge in [-0.1, -0.05) is 43.1 Å². The van der Waals surface area contributed by atoms with Gasteiger partial charge in [0.2, 0.25) is 10.0 Å². The van der Waals surface area contributed by atoms with Crippen LogP contribution >= 0.6 is 23.2 Å². The van der Waals surface area contributed by atoms with Gasteiger partial charge in [-0.05, 0) is 31.4 Å². The lowest BCUT2D eigenvalue weighted by molar-refractivity contribution is 0.0437. The fourth-order valence-corrected chi connectivity index (χ4v) is 3.89. The standard InChI is InChI=1S/C13H19Cl2NO3S/c1-9(2)7-13(3,17)8-16-20(18,19)11-6-4-5-10(14)12(11)15/h4-6,9,16-17H,7-8H2,1-3H3. The van der Waals surface area contributed by atoms with Crippen molar-refractivity contribution in [2.45, 2.75) is 37.7 Å². The maximum atomic E-state index is 12.2. The molecule has 0 bridgehead atoms. The summed E-state index contributed by atoms with van der Waals surface area (Å²) in [6.07, 6.45) is 0.485. The van der Waals surface area contributed by atoms with Gasteiger partial charge in [0.15, 0.2) is 0 Å². The monoisotopic (exact) mass is 339 g/mol. The largest absolute Gasteiger partial charge is 0.389 e. The molecule has 0 spiro atoms. The Morgan fingerprint density at radius 2 is 1.95 bits per heavy atom. The van der Waals surface area contributed by atoms with Crippen LogP contribution in [-0.4, -0.2) is 25.7 Å². The molecule has 1 rings (SSSR count). The Hall–Kier alpha value is -0.330. The predicted octanol–water partition coefficient (Wildman–Crippen LogP) is 3.07. The van der Waals surface area contributed by atoms with Crippen molar-refractivity contribution in [3.05, 3.63) is 28.2 Å². The van der Waals surface area contributed by atoms with Crippen LogP contribution in [0.5, 0.6) is 0 Å². The van der Waals surface area contributed by atoms with E-state index in [-0.39, 0.29) is 27.4 Å². The molecule has 2 N–H and O–H groups in total. The summed E-state index contributed by atoms with van der Waals surface area (Å²) in [6.45, 7) is 5.42. The smallest absolute Gasteiger partial charge is 0.242 e. The average Bonchev–Trinajstić information content (AvgIpc) is 2.29. The first-order valence-corrected chi connectivity index (χ1v) is 8.45. The lowest BCUT2D eigenvalue weighted by Gasteiger charge is -2.25. The fourth-order valence-electron chi connectivity index (χ4n) is 1.97. The Morgan fingerprint density at radius 3 is 2.50 bits per heavy atom. The minimum atomic E-state index is -3.81. The first-order chi connectivity index (χ1) is 9.05. The number of rotatable bonds is 6. The van der Waals surface area contributed by atoms with Crippen molar-refractivity contribution in [3.63, 3.8) is 0 Å². The van der Waals surface area contributed by atoms with Gasteiger partial charge in [0, 0.05) is 6.54 Å². The summed E-state index contributed by atoms with van der Waals surface area (Å²) >= 11 is 11.7. The number of sulfonamides is 1. The Labute approximate surface area is 130 Å². The third kappa shape index (κ3) is 4.90. The maximum absolute atomic E-state index is 12.2. The van der Waals surface area contributed by atoms with Gasteiger partial charge in [0.05, 0.1) is 15.6 Å². The number of aliphatic hydroxyl groups is 1. The van der Waals surface area contributed by atoms with Crippen molar-refractivity contribution in [1.29, 1.82) is 0 Å². The molecule has 0 aromatic heterocycles. The summed E-state index contributed by atoms with van der Waals surface area (Å²) in [7, 11) is -3.81. The fraction of sp³-hybridized carbons (Fsp3) is 0.538. The molecule has 20 heavy (non-hydrogen) atoms. The first-order valence-electron chi connectivity index (χ1n) is 6.21. The molecule has 114 valence electrons. The zero-order valence-electron chi connectivity index (χ0n) is 11.7. The zero-order chi connectivity index (χ0) is 15.6. The van der Waals surface area contributed by atoms with Crippen LogP contribution < -0.4 is 4.72 Å². The normalized spacial score (nSPS) is 15.3. The van der Waals surface area contributed by atoms with E-state index < -0.39 is 15.6 Å². The molecule has 0 amide bonds. The molecule has 1 unspecified atom stereocenters. The van der Waals surface area contributed by atoms with Crippen LogP contribution in [0.2, 0.25) is 10.0 Å². The summed E-state index contributed by atoms with van der Waals surface area (Å²) in [6, 6.07) is 4.39. The number of halogens is 2. The molecule has 0 aliphatic heterocycles. The van der Waals surface area contributed by atoms with Crippen molar-refractivity contribution in [2.24, 2.45) is 5.92 Å². The molecule has 0 saturated heterocycles. The molecule has 1 aromatic carbocycles. The van der Waals surface area contributed by atoms with Gasteiger partial charge in [0.25, 0.3) is 0 Å². The van der Waals surface area contributed by atoms with Gasteiger partial charge >= 0.3 is 0 Å². The van der Waals surface area contributed by atoms with Crippen molar-refractivity contribution in [2.75, 3.05) is 6.54 Å². The Balaban J connectivity index is 2.89. The SMILES string of the molecule is CC(C)CC(C)(O)CNS(=O)(=O)c1cccc(Cl)c1Cl. The number of nitrogens with one attached hydrogen (secondary N) is 1. The van der Waals surface area contributed by atoms with E-state index in [9.17, 15) is 13.5 Å². The molecular formula is C13H19Cl2NO3S. The molecule has 1 atom stereocenters. The van der Waals surface area contributed by atoms with Crippen LogP contribution in [0.25, 0.3) is 0 Å². The van der Waals surface area contributed by atoms with E-state index in [4.69, 9.17) is 23.2 Å². The molecule has 0 aliphatic carbocycles. The Kier molecular flexibility index (Phi) is 5.87. The predicted molar refractivity (Wildman–Crippen MR) is 81.7 cm³/mol. The Bertz CT molecular complexity index is 571. The summed E-state index contributed by atoms with van der Waals surface area (Å²) in [5, 5.41) is 10.3. The molecule has 0 saturated carbocycles. The van der Waals surface area contributed by atoms with Crippen molar-refractivity contribution < 1.29 is 13.5 Å². The third-order valence-electron chi connectivity index (χ3n) is 2.70. The molecule has 0 fully saturated rings. The molecular weight excluding hydrogens is 321 g/mol. The van der Waals surface area contributed by atoms with Gasteiger partial charge in [-0.3, -0.25) is 0 Å². The van der Waals surface area contributed by atoms with Gasteiger partial charge in [-0.15, -0.1) is 0 Å². The quantitative estimate of drug-likeness (QED) is 0.836. The highest BCUT2D eigenvalue weighted by atomic mass is 35.5. The molecule has 0 aliphatic rings. The maximum Gasteiger partial charge on any atom is 0.242 e. The second kappa shape index (κ2) is 6.62. The summed E-state index contributed by atoms with van der Waals surface area (Å²) in [4.78, 5) is -0.0907. The lowest BCUT2D eigenvalue weighted by Crippen LogP contribution is -2.41. The minimum Gasteiger partial charge on any atom is -0.389 e. The van der Waals surface area contributed by atoms with E-state index >= 15 is 0 Å². The summed E-state index contributed by atoms with van der Waals surface area (Å²) in [5.74, 6) is 0.254. The highest BCUT2D eigenvalue weighted by Gasteiger charge is 2.26. The zero-order valence-corrected chi connectivity index (χ0v) is 14.0. The van der Waals surface area contributed by atoms with E-state index in [0.29, 0.717) is 6.42 Å². The minimum absolute atomic E-state index is 0.0230. The highest BCUT2D eigenvalue weighted by molar-refractivity contribution is 7.89. The van der Waals surface area contributed by atoms with Crippen molar-refractivity contribution in [1.82, 2.24) is 4.72 Å². The van der Waals surface area contributed by atoms with Crippen LogP contribution in [0, 0.1) is 5.92 Å². The molecule has 0 heterocycles. The van der Waals surface area contributed by atoms with Gasteiger partial charge < -0.3 is 5.11 Å². The van der Waals surface area contributed by atoms with E-state index in [1.54, 1.807) is 6.92 Å². The van der Waals surface area contributed by atoms with E-state index in [1.807, 2.05) is 13.8 Å². The van der Waals surface area contributed by atoms with Crippen LogP contribution in [0.1, 0.15) is 27.2 Å². The average molecular weight is 340 g/mol. The molecule has 1 aromatic rings. The number of hydrogen-bond acceptors (Lipinski definition) is 3. The Morgan fingerprint density at radius 1 is 1.35 bits per heavy atom. The third-order valence-corrected chi connectivity index (χ3v) is 5.07. The lowest BCUT2D eigenvalue weighted by atomic mass is 9.95. The van der Waals surface area contributed by atoms with Crippen LogP contribution in [0.15, 0.2) is 23.1 Å². The summed E-state index contributed by atoms with van der Waals surface area (Å²) < 4.78 is 26.7. The molecule has 7 heteroatoms. The van der Waals surface area contributed by atoms with E-state index in [1.165, 1.54) is 18.2 Å². The van der Waals surface area contributed by atoms with Crippen molar-refractivity contribution in [3.8, 4) is 0 Å². The topological polar surface area (TPSA) is 66.4 Å². The van der Waals surface area contributed by atoms with Gasteiger partial charge in [0.1, 0.15) is 4.90 Å². The van der Waals surface area contributed by atoms with E-state index in [2.05, 4.69) is 4.72 Å². The van der Waals surface area contributed by atoms with Crippen molar-refractivity contribution >= 4 is 33.2 Å². The van der Waals surface area contributed by atoms with Crippen LogP contribution in [-0.2, 0) is 10.0 Å². The number of hydrogen-bond donors (Lipinski definition) is 2. The second-order valence-corrected chi connectivity index (χ2v) is 7.99. The molecule has 4 nitrogen and oxygen atoms in total. The van der Waals surface area contributed by atoms with Gasteiger partial charge in [-0.25, -0.2) is 13.1 Å². The second-order valence-electron chi connectivity index (χ2n) is 5.47. The first kappa shape index (κ1) is 17.7.